The Morgan fingerprint density at radius 3 is 2.72 bits per heavy atom. The maximum absolute atomic E-state index is 14.8. The molecule has 2 fully saturated rings. The van der Waals surface area contributed by atoms with Crippen molar-refractivity contribution in [3.05, 3.63) is 59.2 Å². The van der Waals surface area contributed by atoms with Gasteiger partial charge >= 0.3 is 0 Å². The quantitative estimate of drug-likeness (QED) is 0.471. The number of aryl methyl sites for hydroxylation is 1. The van der Waals surface area contributed by atoms with Crippen LogP contribution in [0.15, 0.2) is 46.5 Å². The molecule has 0 aliphatic carbocycles. The molecule has 2 atom stereocenters. The number of carbonyl (C=O) groups excluding carboxylic acids is 1. The molecule has 7 nitrogen and oxygen atoms in total. The molecule has 32 heavy (non-hydrogen) atoms. The highest BCUT2D eigenvalue weighted by Crippen LogP contribution is 2.36. The van der Waals surface area contributed by atoms with E-state index in [-0.39, 0.29) is 11.5 Å². The molecule has 162 valence electrons. The molecule has 3 aromatic heterocycles. The van der Waals surface area contributed by atoms with Gasteiger partial charge in [0.15, 0.2) is 5.58 Å². The van der Waals surface area contributed by atoms with Gasteiger partial charge in [-0.05, 0) is 13.0 Å². The molecule has 6 rings (SSSR count). The van der Waals surface area contributed by atoms with Gasteiger partial charge in [0.2, 0.25) is 5.95 Å². The Labute approximate surface area is 187 Å². The second-order valence-corrected chi connectivity index (χ2v) is 9.27. The predicted molar refractivity (Wildman–Crippen MR) is 119 cm³/mol. The molecule has 5 heterocycles. The minimum absolute atomic E-state index is 0.114. The summed E-state index contributed by atoms with van der Waals surface area (Å²) >= 11 is 1.40. The van der Waals surface area contributed by atoms with Crippen LogP contribution in [-0.2, 0) is 0 Å². The minimum atomic E-state index is -0.501. The number of rotatable bonds is 3. The van der Waals surface area contributed by atoms with Gasteiger partial charge in [-0.15, -0.1) is 11.3 Å². The molecule has 1 aromatic carbocycles. The van der Waals surface area contributed by atoms with E-state index in [0.717, 1.165) is 24.3 Å². The Morgan fingerprint density at radius 2 is 1.97 bits per heavy atom. The van der Waals surface area contributed by atoms with E-state index in [9.17, 15) is 9.18 Å². The number of halogens is 1. The number of thiazole rings is 1. The van der Waals surface area contributed by atoms with E-state index in [0.29, 0.717) is 47.0 Å². The first-order chi connectivity index (χ1) is 15.6. The summed E-state index contributed by atoms with van der Waals surface area (Å²) in [7, 11) is 0. The zero-order valence-corrected chi connectivity index (χ0v) is 18.2. The number of carbonyl (C=O) groups is 1. The number of nitrogens with zero attached hydrogens (tertiary/aromatic N) is 5. The van der Waals surface area contributed by atoms with Crippen LogP contribution in [0.2, 0.25) is 0 Å². The van der Waals surface area contributed by atoms with Gasteiger partial charge in [-0.3, -0.25) is 4.79 Å². The van der Waals surface area contributed by atoms with Crippen molar-refractivity contribution >= 4 is 34.3 Å². The smallest absolute Gasteiger partial charge is 0.257 e. The Hall–Kier alpha value is -3.33. The lowest BCUT2D eigenvalue weighted by Gasteiger charge is -2.23. The zero-order valence-electron chi connectivity index (χ0n) is 17.4. The number of amides is 1. The van der Waals surface area contributed by atoms with Gasteiger partial charge in [0, 0.05) is 61.2 Å². The monoisotopic (exact) mass is 449 g/mol. The van der Waals surface area contributed by atoms with Gasteiger partial charge in [0.05, 0.1) is 17.5 Å². The van der Waals surface area contributed by atoms with Crippen LogP contribution in [0.1, 0.15) is 16.1 Å². The number of benzene rings is 1. The van der Waals surface area contributed by atoms with Crippen molar-refractivity contribution < 1.29 is 13.6 Å². The molecule has 2 aliphatic heterocycles. The second kappa shape index (κ2) is 7.37. The number of hydrogen-bond donors (Lipinski definition) is 0. The molecule has 0 saturated carbocycles. The Morgan fingerprint density at radius 1 is 1.16 bits per heavy atom. The Bertz CT molecular complexity index is 1310. The average Bonchev–Trinajstić information content (AvgIpc) is 3.56. The number of likely N-dealkylation sites (tertiary alicyclic amines) is 1. The summed E-state index contributed by atoms with van der Waals surface area (Å²) in [6, 6.07) is 6.58. The van der Waals surface area contributed by atoms with Gasteiger partial charge in [0.25, 0.3) is 5.91 Å². The van der Waals surface area contributed by atoms with Gasteiger partial charge in [0.1, 0.15) is 16.3 Å². The molecule has 2 saturated heterocycles. The summed E-state index contributed by atoms with van der Waals surface area (Å²) in [5, 5.41) is 2.48. The number of anilines is 1. The maximum Gasteiger partial charge on any atom is 0.257 e. The van der Waals surface area contributed by atoms with E-state index in [1.165, 1.54) is 17.4 Å². The van der Waals surface area contributed by atoms with Crippen molar-refractivity contribution in [1.29, 1.82) is 0 Å². The van der Waals surface area contributed by atoms with Crippen LogP contribution in [0.4, 0.5) is 10.3 Å². The molecular formula is C23H20FN5O2S. The molecule has 0 radical (unpaired) electrons. The fourth-order valence-corrected chi connectivity index (χ4v) is 5.56. The van der Waals surface area contributed by atoms with Crippen LogP contribution in [-0.4, -0.2) is 51.9 Å². The van der Waals surface area contributed by atoms with E-state index < -0.39 is 5.82 Å². The molecule has 9 heteroatoms. The van der Waals surface area contributed by atoms with Crippen molar-refractivity contribution in [2.24, 2.45) is 11.8 Å². The van der Waals surface area contributed by atoms with Crippen LogP contribution in [0.3, 0.4) is 0 Å². The molecule has 2 aliphatic rings. The van der Waals surface area contributed by atoms with Crippen LogP contribution < -0.4 is 4.90 Å². The van der Waals surface area contributed by atoms with Crippen LogP contribution >= 0.6 is 11.3 Å². The van der Waals surface area contributed by atoms with Gasteiger partial charge in [-0.1, -0.05) is 12.1 Å². The summed E-state index contributed by atoms with van der Waals surface area (Å²) < 4.78 is 20.2. The molecule has 0 bridgehead atoms. The highest BCUT2D eigenvalue weighted by Gasteiger charge is 2.43. The van der Waals surface area contributed by atoms with E-state index >= 15 is 0 Å². The van der Waals surface area contributed by atoms with Crippen LogP contribution in [0, 0.1) is 24.6 Å². The first-order valence-corrected chi connectivity index (χ1v) is 11.4. The highest BCUT2D eigenvalue weighted by molar-refractivity contribution is 7.13. The number of hydrogen-bond acceptors (Lipinski definition) is 7. The fourth-order valence-electron chi connectivity index (χ4n) is 4.89. The molecule has 0 spiro atoms. The Kier molecular flexibility index (Phi) is 4.46. The molecule has 0 N–H and O–H groups in total. The maximum atomic E-state index is 14.8. The van der Waals surface area contributed by atoms with Gasteiger partial charge in [-0.25, -0.2) is 19.3 Å². The molecule has 1 amide bonds. The second-order valence-electron chi connectivity index (χ2n) is 8.38. The van der Waals surface area contributed by atoms with Crippen molar-refractivity contribution in [2.75, 3.05) is 31.1 Å². The Balaban J connectivity index is 1.22. The molecule has 0 unspecified atom stereocenters. The van der Waals surface area contributed by atoms with Crippen molar-refractivity contribution in [3.8, 4) is 10.6 Å². The van der Waals surface area contributed by atoms with E-state index in [1.807, 2.05) is 18.4 Å². The van der Waals surface area contributed by atoms with Crippen LogP contribution in [0.5, 0.6) is 0 Å². The number of furan rings is 1. The fraction of sp³-hybridized carbons (Fsp3) is 0.304. The SMILES string of the molecule is Cc1nc(N2C[C@H]3CN(C(=O)c4c(F)cccc4-c4nccs4)C[C@H]3C2)nc2ccoc12. The van der Waals surface area contributed by atoms with Crippen LogP contribution in [0.25, 0.3) is 21.7 Å². The minimum Gasteiger partial charge on any atom is -0.461 e. The number of fused-ring (bicyclic) bond motifs is 2. The lowest BCUT2D eigenvalue weighted by atomic mass is 10.0. The average molecular weight is 450 g/mol. The van der Waals surface area contributed by atoms with E-state index in [2.05, 4.69) is 19.9 Å². The molecule has 4 aromatic rings. The highest BCUT2D eigenvalue weighted by atomic mass is 32.1. The van der Waals surface area contributed by atoms with Gasteiger partial charge in [-0.2, -0.15) is 0 Å². The first kappa shape index (κ1) is 19.4. The number of aromatic nitrogens is 3. The third kappa shape index (κ3) is 3.07. The van der Waals surface area contributed by atoms with Gasteiger partial charge < -0.3 is 14.2 Å². The molecular weight excluding hydrogens is 429 g/mol. The summed E-state index contributed by atoms with van der Waals surface area (Å²) in [6.45, 7) is 4.65. The third-order valence-corrected chi connectivity index (χ3v) is 7.21. The summed E-state index contributed by atoms with van der Waals surface area (Å²) in [5.74, 6) is 0.541. The summed E-state index contributed by atoms with van der Waals surface area (Å²) in [4.78, 5) is 30.9. The predicted octanol–water partition coefficient (Wildman–Crippen LogP) is 4.00. The first-order valence-electron chi connectivity index (χ1n) is 10.5. The topological polar surface area (TPSA) is 75.4 Å². The summed E-state index contributed by atoms with van der Waals surface area (Å²) in [5.41, 5.74) is 3.00. The third-order valence-electron chi connectivity index (χ3n) is 6.41. The lowest BCUT2D eigenvalue weighted by molar-refractivity contribution is 0.0778. The lowest BCUT2D eigenvalue weighted by Crippen LogP contribution is -2.34. The van der Waals surface area contributed by atoms with E-state index in [4.69, 9.17) is 4.42 Å². The summed E-state index contributed by atoms with van der Waals surface area (Å²) in [6.07, 6.45) is 3.29. The normalized spacial score (nSPS) is 20.3. The largest absolute Gasteiger partial charge is 0.461 e. The zero-order chi connectivity index (χ0) is 21.8. The van der Waals surface area contributed by atoms with Crippen molar-refractivity contribution in [2.45, 2.75) is 6.92 Å². The van der Waals surface area contributed by atoms with Crippen molar-refractivity contribution in [3.63, 3.8) is 0 Å². The van der Waals surface area contributed by atoms with Crippen molar-refractivity contribution in [1.82, 2.24) is 19.9 Å². The standard InChI is InChI=1S/C23H20FN5O2S/c1-13-20-18(5-7-31-20)27-23(26-13)29-11-14-9-28(10-15(14)12-29)22(30)19-16(3-2-4-17(19)24)21-25-6-8-32-21/h2-8,14-15H,9-12H2,1H3/t14-,15+. The van der Waals surface area contributed by atoms with E-state index in [1.54, 1.807) is 29.5 Å².